The monoisotopic (exact) mass is 153 g/mol. The predicted octanol–water partition coefficient (Wildman–Crippen LogP) is 3.21. The molecule has 0 amide bonds. The molecule has 0 aromatic heterocycles. The van der Waals surface area contributed by atoms with Crippen molar-refractivity contribution in [2.75, 3.05) is 6.54 Å². The highest BCUT2D eigenvalue weighted by molar-refractivity contribution is 5.81. The molecule has 1 nitrogen and oxygen atoms in total. The molecule has 64 valence electrons. The molecule has 0 aromatic rings. The molecule has 0 aliphatic carbocycles. The maximum Gasteiger partial charge on any atom is 0.0598 e. The van der Waals surface area contributed by atoms with Gasteiger partial charge in [-0.2, -0.15) is 0 Å². The average molecular weight is 153 g/mol. The molecule has 0 bridgehead atoms. The fraction of sp³-hybridized carbons (Fsp3) is 0.700. The summed E-state index contributed by atoms with van der Waals surface area (Å²) in [6.07, 6.45) is 1.07. The molecule has 0 aromatic carbocycles. The molecular formula is C10H19N. The lowest BCUT2D eigenvalue weighted by Crippen LogP contribution is -1.92. The van der Waals surface area contributed by atoms with Crippen LogP contribution in [-0.2, 0) is 0 Å². The van der Waals surface area contributed by atoms with Gasteiger partial charge in [0.25, 0.3) is 0 Å². The van der Waals surface area contributed by atoms with Crippen LogP contribution < -0.4 is 0 Å². The Bertz CT molecular complexity index is 171. The standard InChI is InChI=1S/C10H19N/c1-6-10(5)11-7-9(4)8(2)3/h6-7H2,1-5H3/b11-10+. The molecule has 0 saturated carbocycles. The Morgan fingerprint density at radius 3 is 2.00 bits per heavy atom. The third kappa shape index (κ3) is 4.77. The fourth-order valence-corrected chi connectivity index (χ4v) is 0.523. The summed E-state index contributed by atoms with van der Waals surface area (Å²) < 4.78 is 0. The van der Waals surface area contributed by atoms with Crippen LogP contribution in [0.4, 0.5) is 0 Å². The summed E-state index contributed by atoms with van der Waals surface area (Å²) in [6.45, 7) is 11.5. The molecule has 0 unspecified atom stereocenters. The van der Waals surface area contributed by atoms with Gasteiger partial charge < -0.3 is 0 Å². The van der Waals surface area contributed by atoms with Crippen LogP contribution in [0, 0.1) is 0 Å². The van der Waals surface area contributed by atoms with E-state index < -0.39 is 0 Å². The van der Waals surface area contributed by atoms with Crippen molar-refractivity contribution in [2.45, 2.75) is 41.0 Å². The first-order valence-electron chi connectivity index (χ1n) is 4.20. The van der Waals surface area contributed by atoms with Crippen molar-refractivity contribution in [1.29, 1.82) is 0 Å². The SMILES string of the molecule is CC/C(C)=N/CC(C)=C(C)C. The number of hydrogen-bond acceptors (Lipinski definition) is 1. The maximum absolute atomic E-state index is 4.42. The predicted molar refractivity (Wildman–Crippen MR) is 52.3 cm³/mol. The highest BCUT2D eigenvalue weighted by atomic mass is 14.7. The van der Waals surface area contributed by atoms with E-state index in [4.69, 9.17) is 0 Å². The summed E-state index contributed by atoms with van der Waals surface area (Å²) in [5.74, 6) is 0. The van der Waals surface area contributed by atoms with Gasteiger partial charge in [0.1, 0.15) is 0 Å². The Kier molecular flexibility index (Phi) is 4.84. The number of allylic oxidation sites excluding steroid dienone is 1. The van der Waals surface area contributed by atoms with Crippen molar-refractivity contribution < 1.29 is 0 Å². The van der Waals surface area contributed by atoms with Gasteiger partial charge in [0, 0.05) is 5.71 Å². The van der Waals surface area contributed by atoms with Crippen molar-refractivity contribution >= 4 is 5.71 Å². The Hall–Kier alpha value is -0.590. The Labute approximate surface area is 70.2 Å². The minimum atomic E-state index is 0.877. The molecule has 0 heterocycles. The summed E-state index contributed by atoms with van der Waals surface area (Å²) in [7, 11) is 0. The van der Waals surface area contributed by atoms with E-state index in [2.05, 4.69) is 39.6 Å². The molecule has 0 rings (SSSR count). The molecule has 0 aliphatic rings. The normalized spacial score (nSPS) is 11.5. The fourth-order valence-electron chi connectivity index (χ4n) is 0.523. The largest absolute Gasteiger partial charge is 0.290 e. The Morgan fingerprint density at radius 2 is 1.64 bits per heavy atom. The minimum absolute atomic E-state index is 0.877. The van der Waals surface area contributed by atoms with Gasteiger partial charge in [-0.1, -0.05) is 18.1 Å². The maximum atomic E-state index is 4.42. The zero-order valence-corrected chi connectivity index (χ0v) is 8.36. The summed E-state index contributed by atoms with van der Waals surface area (Å²) in [5.41, 5.74) is 4.01. The molecule has 0 N–H and O–H groups in total. The Balaban J connectivity index is 3.99. The molecule has 0 fully saturated rings. The van der Waals surface area contributed by atoms with Gasteiger partial charge in [0.05, 0.1) is 6.54 Å². The lowest BCUT2D eigenvalue weighted by atomic mass is 10.2. The quantitative estimate of drug-likeness (QED) is 0.436. The minimum Gasteiger partial charge on any atom is -0.290 e. The topological polar surface area (TPSA) is 12.4 Å². The van der Waals surface area contributed by atoms with E-state index in [1.54, 1.807) is 0 Å². The first-order chi connectivity index (χ1) is 5.07. The van der Waals surface area contributed by atoms with Crippen LogP contribution >= 0.6 is 0 Å². The first-order valence-corrected chi connectivity index (χ1v) is 4.20. The summed E-state index contributed by atoms with van der Waals surface area (Å²) >= 11 is 0. The second-order valence-corrected chi connectivity index (χ2v) is 3.19. The van der Waals surface area contributed by atoms with E-state index >= 15 is 0 Å². The lowest BCUT2D eigenvalue weighted by molar-refractivity contribution is 1.07. The van der Waals surface area contributed by atoms with Crippen LogP contribution in [0.3, 0.4) is 0 Å². The van der Waals surface area contributed by atoms with Crippen LogP contribution in [-0.4, -0.2) is 12.3 Å². The van der Waals surface area contributed by atoms with E-state index in [1.807, 2.05) is 0 Å². The molecule has 0 saturated heterocycles. The Morgan fingerprint density at radius 1 is 1.09 bits per heavy atom. The first kappa shape index (κ1) is 10.4. The van der Waals surface area contributed by atoms with Crippen LogP contribution in [0.15, 0.2) is 16.1 Å². The highest BCUT2D eigenvalue weighted by Crippen LogP contribution is 2.02. The van der Waals surface area contributed by atoms with Gasteiger partial charge in [-0.25, -0.2) is 0 Å². The zero-order valence-electron chi connectivity index (χ0n) is 8.36. The van der Waals surface area contributed by atoms with Crippen molar-refractivity contribution in [1.82, 2.24) is 0 Å². The van der Waals surface area contributed by atoms with Gasteiger partial charge in [-0.3, -0.25) is 4.99 Å². The van der Waals surface area contributed by atoms with Crippen LogP contribution in [0.25, 0.3) is 0 Å². The van der Waals surface area contributed by atoms with E-state index in [-0.39, 0.29) is 0 Å². The van der Waals surface area contributed by atoms with E-state index in [1.165, 1.54) is 16.9 Å². The molecular weight excluding hydrogens is 134 g/mol. The van der Waals surface area contributed by atoms with Crippen LogP contribution in [0.2, 0.25) is 0 Å². The van der Waals surface area contributed by atoms with Gasteiger partial charge >= 0.3 is 0 Å². The second-order valence-electron chi connectivity index (χ2n) is 3.19. The van der Waals surface area contributed by atoms with Gasteiger partial charge in [-0.05, 0) is 34.1 Å². The van der Waals surface area contributed by atoms with Crippen molar-refractivity contribution in [3.05, 3.63) is 11.1 Å². The van der Waals surface area contributed by atoms with E-state index in [9.17, 15) is 0 Å². The summed E-state index contributed by atoms with van der Waals surface area (Å²) in [5, 5.41) is 0. The summed E-state index contributed by atoms with van der Waals surface area (Å²) in [4.78, 5) is 4.42. The second kappa shape index (κ2) is 5.11. The molecule has 0 radical (unpaired) electrons. The molecule has 0 aliphatic heterocycles. The third-order valence-electron chi connectivity index (χ3n) is 1.95. The van der Waals surface area contributed by atoms with Gasteiger partial charge in [-0.15, -0.1) is 0 Å². The van der Waals surface area contributed by atoms with E-state index in [0.717, 1.165) is 13.0 Å². The smallest absolute Gasteiger partial charge is 0.0598 e. The van der Waals surface area contributed by atoms with Crippen molar-refractivity contribution in [3.63, 3.8) is 0 Å². The molecule has 11 heavy (non-hydrogen) atoms. The van der Waals surface area contributed by atoms with Crippen LogP contribution in [0.1, 0.15) is 41.0 Å². The number of nitrogens with zero attached hydrogens (tertiary/aromatic N) is 1. The van der Waals surface area contributed by atoms with E-state index in [0.29, 0.717) is 0 Å². The summed E-state index contributed by atoms with van der Waals surface area (Å²) in [6, 6.07) is 0. The van der Waals surface area contributed by atoms with Crippen LogP contribution in [0.5, 0.6) is 0 Å². The number of rotatable bonds is 3. The lowest BCUT2D eigenvalue weighted by Gasteiger charge is -2.00. The highest BCUT2D eigenvalue weighted by Gasteiger charge is 1.90. The third-order valence-corrected chi connectivity index (χ3v) is 1.95. The van der Waals surface area contributed by atoms with Crippen molar-refractivity contribution in [2.24, 2.45) is 4.99 Å². The molecule has 0 atom stereocenters. The number of aliphatic imine (C=N–C) groups is 1. The van der Waals surface area contributed by atoms with Crippen molar-refractivity contribution in [3.8, 4) is 0 Å². The van der Waals surface area contributed by atoms with Gasteiger partial charge in [0.2, 0.25) is 0 Å². The number of hydrogen-bond donors (Lipinski definition) is 0. The zero-order chi connectivity index (χ0) is 8.85. The average Bonchev–Trinajstić information content (AvgIpc) is 1.99. The molecule has 1 heteroatoms. The molecule has 0 spiro atoms. The van der Waals surface area contributed by atoms with Gasteiger partial charge in [0.15, 0.2) is 0 Å².